The minimum Gasteiger partial charge on any atom is -0.491 e. The molecule has 0 N–H and O–H groups in total. The number of esters is 1. The number of ether oxygens (including phenoxy) is 2. The van der Waals surface area contributed by atoms with Crippen LogP contribution < -0.4 is 4.74 Å². The topological polar surface area (TPSA) is 38.8 Å². The molecule has 0 saturated heterocycles. The molecule has 0 spiro atoms. The molecule has 0 aliphatic rings. The molecule has 0 fully saturated rings. The summed E-state index contributed by atoms with van der Waals surface area (Å²) in [6.07, 6.45) is 0.399. The lowest BCUT2D eigenvalue weighted by Crippen LogP contribution is -2.30. The summed E-state index contributed by atoms with van der Waals surface area (Å²) in [6, 6.07) is 7.39. The van der Waals surface area contributed by atoms with Gasteiger partial charge in [0.1, 0.15) is 12.4 Å². The fourth-order valence-electron chi connectivity index (χ4n) is 1.63. The van der Waals surface area contributed by atoms with E-state index in [0.717, 1.165) is 13.1 Å². The maximum Gasteiger partial charge on any atom is 0.306 e. The first-order chi connectivity index (χ1) is 9.17. The molecule has 0 unspecified atom stereocenters. The first kappa shape index (κ1) is 15.8. The summed E-state index contributed by atoms with van der Waals surface area (Å²) in [5.41, 5.74) is 0. The highest BCUT2D eigenvalue weighted by atomic mass is 35.5. The Morgan fingerprint density at radius 1 is 1.32 bits per heavy atom. The number of methoxy groups -OCH3 is 1. The molecule has 106 valence electrons. The molecule has 0 aliphatic heterocycles. The summed E-state index contributed by atoms with van der Waals surface area (Å²) in [5, 5.41) is 0.611. The Hall–Kier alpha value is -1.26. The van der Waals surface area contributed by atoms with Crippen molar-refractivity contribution >= 4 is 17.6 Å². The highest BCUT2D eigenvalue weighted by molar-refractivity contribution is 6.32. The summed E-state index contributed by atoms with van der Waals surface area (Å²) in [6.45, 7) is 4.88. The van der Waals surface area contributed by atoms with E-state index in [1.807, 2.05) is 25.1 Å². The normalized spacial score (nSPS) is 10.5. The van der Waals surface area contributed by atoms with E-state index in [1.165, 1.54) is 7.11 Å². The monoisotopic (exact) mass is 285 g/mol. The number of likely N-dealkylation sites (N-methyl/N-ethyl adjacent to an activating group) is 1. The number of halogens is 1. The van der Waals surface area contributed by atoms with Gasteiger partial charge in [-0.3, -0.25) is 9.69 Å². The highest BCUT2D eigenvalue weighted by Gasteiger charge is 2.07. The molecule has 1 aromatic carbocycles. The van der Waals surface area contributed by atoms with E-state index in [1.54, 1.807) is 6.07 Å². The van der Waals surface area contributed by atoms with Crippen LogP contribution in [0.3, 0.4) is 0 Å². The van der Waals surface area contributed by atoms with E-state index in [2.05, 4.69) is 9.64 Å². The molecule has 1 rings (SSSR count). The molecule has 0 aromatic heterocycles. The summed E-state index contributed by atoms with van der Waals surface area (Å²) in [4.78, 5) is 13.2. The van der Waals surface area contributed by atoms with Crippen LogP contribution in [0.15, 0.2) is 24.3 Å². The fourth-order valence-corrected chi connectivity index (χ4v) is 1.82. The Morgan fingerprint density at radius 2 is 2.05 bits per heavy atom. The van der Waals surface area contributed by atoms with Gasteiger partial charge in [0.15, 0.2) is 0 Å². The Morgan fingerprint density at radius 3 is 2.68 bits per heavy atom. The van der Waals surface area contributed by atoms with Gasteiger partial charge in [0, 0.05) is 13.1 Å². The number of nitrogens with zero attached hydrogens (tertiary/aromatic N) is 1. The van der Waals surface area contributed by atoms with Crippen LogP contribution in [0.2, 0.25) is 5.02 Å². The van der Waals surface area contributed by atoms with E-state index >= 15 is 0 Å². The van der Waals surface area contributed by atoms with Crippen molar-refractivity contribution in [2.45, 2.75) is 13.3 Å². The standard InChI is InChI=1S/C14H20ClNO3/c1-3-16(9-8-14(17)18-2)10-11-19-13-7-5-4-6-12(13)15/h4-7H,3,8-11H2,1-2H3. The predicted molar refractivity (Wildman–Crippen MR) is 75.7 cm³/mol. The molecule has 4 nitrogen and oxygen atoms in total. The molecular formula is C14H20ClNO3. The Kier molecular flexibility index (Phi) is 7.30. The van der Waals surface area contributed by atoms with Gasteiger partial charge < -0.3 is 9.47 Å². The van der Waals surface area contributed by atoms with E-state index in [4.69, 9.17) is 16.3 Å². The van der Waals surface area contributed by atoms with Gasteiger partial charge in [-0.05, 0) is 18.7 Å². The molecule has 19 heavy (non-hydrogen) atoms. The van der Waals surface area contributed by atoms with E-state index < -0.39 is 0 Å². The zero-order valence-corrected chi connectivity index (χ0v) is 12.2. The van der Waals surface area contributed by atoms with Crippen LogP contribution in [0.1, 0.15) is 13.3 Å². The Labute approximate surface area is 119 Å². The first-order valence-corrected chi connectivity index (χ1v) is 6.71. The van der Waals surface area contributed by atoms with Crippen molar-refractivity contribution < 1.29 is 14.3 Å². The maximum atomic E-state index is 11.1. The summed E-state index contributed by atoms with van der Waals surface area (Å²) in [5.74, 6) is 0.499. The maximum absolute atomic E-state index is 11.1. The SMILES string of the molecule is CCN(CCOc1ccccc1Cl)CCC(=O)OC. The molecular weight excluding hydrogens is 266 g/mol. The fraction of sp³-hybridized carbons (Fsp3) is 0.500. The zero-order valence-electron chi connectivity index (χ0n) is 11.4. The molecule has 5 heteroatoms. The van der Waals surface area contributed by atoms with Gasteiger partial charge >= 0.3 is 5.97 Å². The largest absolute Gasteiger partial charge is 0.491 e. The second-order valence-electron chi connectivity index (χ2n) is 4.04. The van der Waals surface area contributed by atoms with Gasteiger partial charge in [-0.2, -0.15) is 0 Å². The molecule has 0 bridgehead atoms. The number of hydrogen-bond donors (Lipinski definition) is 0. The lowest BCUT2D eigenvalue weighted by Gasteiger charge is -2.20. The highest BCUT2D eigenvalue weighted by Crippen LogP contribution is 2.22. The molecule has 0 amide bonds. The molecule has 0 radical (unpaired) electrons. The summed E-state index contributed by atoms with van der Waals surface area (Å²) >= 11 is 6.00. The number of carbonyl (C=O) groups is 1. The minimum atomic E-state index is -0.189. The molecule has 0 heterocycles. The van der Waals surface area contributed by atoms with Crippen molar-refractivity contribution in [3.05, 3.63) is 29.3 Å². The third-order valence-electron chi connectivity index (χ3n) is 2.81. The van der Waals surface area contributed by atoms with Crippen molar-refractivity contribution in [2.24, 2.45) is 0 Å². The van der Waals surface area contributed by atoms with Crippen LogP contribution in [0, 0.1) is 0 Å². The third-order valence-corrected chi connectivity index (χ3v) is 3.12. The average molecular weight is 286 g/mol. The van der Waals surface area contributed by atoms with Gasteiger partial charge in [-0.15, -0.1) is 0 Å². The molecule has 1 aromatic rings. The second kappa shape index (κ2) is 8.77. The zero-order chi connectivity index (χ0) is 14.1. The lowest BCUT2D eigenvalue weighted by molar-refractivity contribution is -0.141. The van der Waals surface area contributed by atoms with Gasteiger partial charge in [0.25, 0.3) is 0 Å². The van der Waals surface area contributed by atoms with E-state index in [0.29, 0.717) is 30.3 Å². The van der Waals surface area contributed by atoms with Crippen LogP contribution >= 0.6 is 11.6 Å². The lowest BCUT2D eigenvalue weighted by atomic mass is 10.3. The van der Waals surface area contributed by atoms with Gasteiger partial charge in [-0.25, -0.2) is 0 Å². The molecule has 0 saturated carbocycles. The van der Waals surface area contributed by atoms with E-state index in [9.17, 15) is 4.79 Å². The van der Waals surface area contributed by atoms with Gasteiger partial charge in [0.05, 0.1) is 18.6 Å². The summed E-state index contributed by atoms with van der Waals surface area (Å²) in [7, 11) is 1.40. The Balaban J connectivity index is 2.30. The van der Waals surface area contributed by atoms with Crippen molar-refractivity contribution in [2.75, 3.05) is 33.4 Å². The number of benzene rings is 1. The number of hydrogen-bond acceptors (Lipinski definition) is 4. The van der Waals surface area contributed by atoms with Gasteiger partial charge in [-0.1, -0.05) is 30.7 Å². The van der Waals surface area contributed by atoms with Crippen LogP contribution in [-0.2, 0) is 9.53 Å². The van der Waals surface area contributed by atoms with Crippen LogP contribution in [-0.4, -0.2) is 44.2 Å². The second-order valence-corrected chi connectivity index (χ2v) is 4.45. The first-order valence-electron chi connectivity index (χ1n) is 6.33. The number of carbonyl (C=O) groups excluding carboxylic acids is 1. The predicted octanol–water partition coefficient (Wildman–Crippen LogP) is 2.60. The van der Waals surface area contributed by atoms with Crippen LogP contribution in [0.5, 0.6) is 5.75 Å². The molecule has 0 atom stereocenters. The summed E-state index contributed by atoms with van der Waals surface area (Å²) < 4.78 is 10.2. The van der Waals surface area contributed by atoms with E-state index in [-0.39, 0.29) is 5.97 Å². The smallest absolute Gasteiger partial charge is 0.306 e. The number of rotatable bonds is 8. The van der Waals surface area contributed by atoms with Crippen LogP contribution in [0.4, 0.5) is 0 Å². The van der Waals surface area contributed by atoms with Crippen molar-refractivity contribution in [3.8, 4) is 5.75 Å². The van der Waals surface area contributed by atoms with Gasteiger partial charge in [0.2, 0.25) is 0 Å². The van der Waals surface area contributed by atoms with Crippen LogP contribution in [0.25, 0.3) is 0 Å². The Bertz CT molecular complexity index is 398. The average Bonchev–Trinajstić information content (AvgIpc) is 2.44. The third kappa shape index (κ3) is 5.94. The van der Waals surface area contributed by atoms with Crippen molar-refractivity contribution in [1.82, 2.24) is 4.90 Å². The quantitative estimate of drug-likeness (QED) is 0.688. The number of para-hydroxylation sites is 1. The minimum absolute atomic E-state index is 0.189. The molecule has 0 aliphatic carbocycles. The van der Waals surface area contributed by atoms with Crippen molar-refractivity contribution in [3.63, 3.8) is 0 Å². The van der Waals surface area contributed by atoms with Crippen molar-refractivity contribution in [1.29, 1.82) is 0 Å².